The van der Waals surface area contributed by atoms with Crippen molar-refractivity contribution in [1.29, 1.82) is 0 Å². The standard InChI is InChI=1S/C27H36O7.C18H20O3.2C6H6.C3H6O2/c1-17(15-28)11-20-12-22(7-9-25(20)33-18(2)30)27(4,5)23-8-10-26(34-19(3)31)21(13-23)14-24(16-29)32-6;1-13(19)21-17-11-7-15(8-12-17)18(2,3)14-5-9-16(20-4)10-6-14;2*1-2-4-6-5-3-1;1-3(4)5-2/h7-10,12-13,17,24,28-29H,11,14-16H2,1-6H3;5-12H,1-4H3;2*1-6H;1-2H3. The van der Waals surface area contributed by atoms with Crippen molar-refractivity contribution in [3.63, 3.8) is 0 Å². The maximum absolute atomic E-state index is 11.6. The molecule has 0 saturated carbocycles. The van der Waals surface area contributed by atoms with Crippen molar-refractivity contribution < 1.29 is 57.8 Å². The van der Waals surface area contributed by atoms with Crippen LogP contribution in [0.5, 0.6) is 23.0 Å². The Balaban J connectivity index is 0.000000388. The average Bonchev–Trinajstić information content (AvgIpc) is 3.37. The van der Waals surface area contributed by atoms with Crippen LogP contribution in [0.2, 0.25) is 0 Å². The highest BCUT2D eigenvalue weighted by molar-refractivity contribution is 5.71. The second-order valence-electron chi connectivity index (χ2n) is 17.7. The molecule has 72 heavy (non-hydrogen) atoms. The molecule has 0 bridgehead atoms. The van der Waals surface area contributed by atoms with Gasteiger partial charge in [-0.3, -0.25) is 19.2 Å². The zero-order valence-corrected chi connectivity index (χ0v) is 44.0. The maximum atomic E-state index is 11.6. The molecule has 6 aromatic carbocycles. The number of benzene rings is 6. The van der Waals surface area contributed by atoms with Crippen LogP contribution >= 0.6 is 0 Å². The first kappa shape index (κ1) is 61.0. The van der Waals surface area contributed by atoms with Gasteiger partial charge in [0.25, 0.3) is 0 Å². The van der Waals surface area contributed by atoms with E-state index < -0.39 is 23.5 Å². The number of hydrogen-bond acceptors (Lipinski definition) is 12. The lowest BCUT2D eigenvalue weighted by Crippen LogP contribution is -2.22. The van der Waals surface area contributed by atoms with E-state index >= 15 is 0 Å². The highest BCUT2D eigenvalue weighted by Crippen LogP contribution is 2.38. The van der Waals surface area contributed by atoms with Crippen LogP contribution in [0.25, 0.3) is 0 Å². The molecule has 6 aromatic rings. The first-order chi connectivity index (χ1) is 34.2. The van der Waals surface area contributed by atoms with Crippen molar-refractivity contribution in [1.82, 2.24) is 0 Å². The van der Waals surface area contributed by atoms with E-state index in [1.807, 2.05) is 140 Å². The van der Waals surface area contributed by atoms with Gasteiger partial charge < -0.3 is 38.6 Å². The number of hydrogen-bond donors (Lipinski definition) is 2. The molecule has 0 aliphatic heterocycles. The summed E-state index contributed by atoms with van der Waals surface area (Å²) in [6.45, 7) is 15.8. The third-order valence-corrected chi connectivity index (χ3v) is 11.2. The van der Waals surface area contributed by atoms with Crippen molar-refractivity contribution >= 4 is 23.9 Å². The number of ether oxygens (including phenoxy) is 6. The molecule has 0 aliphatic rings. The van der Waals surface area contributed by atoms with Crippen LogP contribution in [0.1, 0.15) is 95.7 Å². The quantitative estimate of drug-likeness (QED) is 0.0740. The average molecular weight is 987 g/mol. The first-order valence-electron chi connectivity index (χ1n) is 23.6. The van der Waals surface area contributed by atoms with E-state index in [0.717, 1.165) is 33.6 Å². The number of aliphatic hydroxyl groups excluding tert-OH is 2. The third kappa shape index (κ3) is 21.9. The second kappa shape index (κ2) is 32.0. The van der Waals surface area contributed by atoms with Crippen molar-refractivity contribution in [3.8, 4) is 23.0 Å². The molecule has 0 aromatic heterocycles. The summed E-state index contributed by atoms with van der Waals surface area (Å²) in [4.78, 5) is 43.7. The summed E-state index contributed by atoms with van der Waals surface area (Å²) in [6.07, 6.45) is 0.512. The molecule has 386 valence electrons. The Kier molecular flexibility index (Phi) is 27.1. The molecule has 0 heterocycles. The number of methoxy groups -OCH3 is 3. The summed E-state index contributed by atoms with van der Waals surface area (Å²) in [5, 5.41) is 19.1. The van der Waals surface area contributed by atoms with Crippen molar-refractivity contribution in [2.45, 2.75) is 92.1 Å². The molecule has 0 aliphatic carbocycles. The van der Waals surface area contributed by atoms with Gasteiger partial charge in [0, 0.05) is 58.7 Å². The largest absolute Gasteiger partial charge is 0.497 e. The summed E-state index contributed by atoms with van der Waals surface area (Å²) in [5.74, 6) is 0.974. The predicted octanol–water partition coefficient (Wildman–Crippen LogP) is 11.1. The Morgan fingerprint density at radius 3 is 1.10 bits per heavy atom. The molecule has 2 unspecified atom stereocenters. The lowest BCUT2D eigenvalue weighted by Gasteiger charge is -2.29. The summed E-state index contributed by atoms with van der Waals surface area (Å²) in [6, 6.07) is 51.1. The highest BCUT2D eigenvalue weighted by atomic mass is 16.5. The normalized spacial score (nSPS) is 11.3. The molecule has 0 fully saturated rings. The van der Waals surface area contributed by atoms with Gasteiger partial charge in [0.2, 0.25) is 0 Å². The van der Waals surface area contributed by atoms with Gasteiger partial charge in [-0.05, 0) is 82.1 Å². The Hall–Kier alpha value is -7.12. The monoisotopic (exact) mass is 987 g/mol. The second-order valence-corrected chi connectivity index (χ2v) is 17.7. The number of esters is 4. The molecule has 6 rings (SSSR count). The summed E-state index contributed by atoms with van der Waals surface area (Å²) < 4.78 is 30.5. The van der Waals surface area contributed by atoms with Crippen LogP contribution < -0.4 is 18.9 Å². The summed E-state index contributed by atoms with van der Waals surface area (Å²) >= 11 is 0. The van der Waals surface area contributed by atoms with Crippen molar-refractivity contribution in [2.75, 3.05) is 34.5 Å². The molecule has 0 radical (unpaired) electrons. The van der Waals surface area contributed by atoms with E-state index in [1.54, 1.807) is 19.2 Å². The minimum absolute atomic E-state index is 0.00625. The Morgan fingerprint density at radius 1 is 0.458 bits per heavy atom. The van der Waals surface area contributed by atoms with E-state index in [2.05, 4.69) is 44.6 Å². The number of carbonyl (C=O) groups is 4. The molecular formula is C60H74O12. The fourth-order valence-corrected chi connectivity index (χ4v) is 6.89. The molecule has 0 saturated heterocycles. The minimum Gasteiger partial charge on any atom is -0.497 e. The maximum Gasteiger partial charge on any atom is 0.308 e. The molecular weight excluding hydrogens is 913 g/mol. The highest BCUT2D eigenvalue weighted by Gasteiger charge is 2.27. The Morgan fingerprint density at radius 2 is 0.792 bits per heavy atom. The zero-order valence-electron chi connectivity index (χ0n) is 44.0. The topological polar surface area (TPSA) is 164 Å². The van der Waals surface area contributed by atoms with Gasteiger partial charge in [-0.25, -0.2) is 0 Å². The Labute approximate surface area is 426 Å². The van der Waals surface area contributed by atoms with Gasteiger partial charge in [-0.15, -0.1) is 0 Å². The van der Waals surface area contributed by atoms with E-state index in [1.165, 1.54) is 47.5 Å². The lowest BCUT2D eigenvalue weighted by atomic mass is 9.76. The summed E-state index contributed by atoms with van der Waals surface area (Å²) in [7, 11) is 4.54. The van der Waals surface area contributed by atoms with Crippen LogP contribution in [0.15, 0.2) is 158 Å². The van der Waals surface area contributed by atoms with E-state index in [9.17, 15) is 29.4 Å². The van der Waals surface area contributed by atoms with Crippen molar-refractivity contribution in [2.24, 2.45) is 5.92 Å². The van der Waals surface area contributed by atoms with E-state index in [0.29, 0.717) is 30.1 Å². The van der Waals surface area contributed by atoms with Gasteiger partial charge >= 0.3 is 23.9 Å². The SMILES string of the molecule is COC(C)=O.COC(CO)Cc1cc(C(C)(C)c2ccc(OC(C)=O)c(CC(C)CO)c2)ccc1OC(C)=O.COc1ccc(C(C)(C)c2ccc(OC(C)=O)cc2)cc1.c1ccccc1.c1ccccc1. The number of carbonyl (C=O) groups excluding carboxylic acids is 4. The third-order valence-electron chi connectivity index (χ3n) is 11.2. The van der Waals surface area contributed by atoms with Gasteiger partial charge in [-0.1, -0.05) is 156 Å². The fourth-order valence-electron chi connectivity index (χ4n) is 6.89. The molecule has 2 atom stereocenters. The van der Waals surface area contributed by atoms with Gasteiger partial charge in [-0.2, -0.15) is 0 Å². The van der Waals surface area contributed by atoms with Crippen LogP contribution in [0.4, 0.5) is 0 Å². The van der Waals surface area contributed by atoms with E-state index in [4.69, 9.17) is 23.7 Å². The first-order valence-corrected chi connectivity index (χ1v) is 23.6. The van der Waals surface area contributed by atoms with Crippen molar-refractivity contribution in [3.05, 3.63) is 191 Å². The van der Waals surface area contributed by atoms with Crippen LogP contribution in [0, 0.1) is 5.92 Å². The minimum atomic E-state index is -0.447. The lowest BCUT2D eigenvalue weighted by molar-refractivity contribution is -0.138. The Bertz CT molecular complexity index is 2410. The van der Waals surface area contributed by atoms with Gasteiger partial charge in [0.1, 0.15) is 23.0 Å². The zero-order chi connectivity index (χ0) is 53.7. The molecule has 12 heteroatoms. The fraction of sp³-hybridized carbons (Fsp3) is 0.333. The number of rotatable bonds is 15. The molecule has 0 spiro atoms. The smallest absolute Gasteiger partial charge is 0.308 e. The van der Waals surface area contributed by atoms with Crippen LogP contribution in [-0.2, 0) is 52.3 Å². The summed E-state index contributed by atoms with van der Waals surface area (Å²) in [5.41, 5.74) is 5.35. The number of aliphatic hydroxyl groups is 2. The molecule has 12 nitrogen and oxygen atoms in total. The van der Waals surface area contributed by atoms with Crippen LogP contribution in [0.3, 0.4) is 0 Å². The van der Waals surface area contributed by atoms with E-state index in [-0.39, 0.29) is 36.5 Å². The molecule has 2 N–H and O–H groups in total. The molecule has 0 amide bonds. The van der Waals surface area contributed by atoms with Crippen LogP contribution in [-0.4, -0.2) is 74.7 Å². The van der Waals surface area contributed by atoms with Gasteiger partial charge in [0.05, 0.1) is 26.9 Å². The van der Waals surface area contributed by atoms with Gasteiger partial charge in [0.15, 0.2) is 0 Å². The predicted molar refractivity (Wildman–Crippen MR) is 283 cm³/mol.